The number of amides is 2. The van der Waals surface area contributed by atoms with E-state index in [9.17, 15) is 9.59 Å². The van der Waals surface area contributed by atoms with Crippen molar-refractivity contribution in [3.05, 3.63) is 0 Å². The predicted octanol–water partition coefficient (Wildman–Crippen LogP) is 0.968. The van der Waals surface area contributed by atoms with E-state index in [2.05, 4.69) is 0 Å². The van der Waals surface area contributed by atoms with Crippen molar-refractivity contribution in [2.24, 2.45) is 0 Å². The van der Waals surface area contributed by atoms with Crippen LogP contribution < -0.4 is 0 Å². The van der Waals surface area contributed by atoms with Crippen LogP contribution in [-0.4, -0.2) is 70.1 Å². The van der Waals surface area contributed by atoms with Crippen LogP contribution in [0.3, 0.4) is 0 Å². The Morgan fingerprint density at radius 3 is 2.42 bits per heavy atom. The molecule has 1 rings (SSSR count). The van der Waals surface area contributed by atoms with Gasteiger partial charge in [-0.3, -0.25) is 0 Å². The largest absolute Gasteiger partial charge is 0.465 e. The number of carbonyl (C=O) groups is 2. The van der Waals surface area contributed by atoms with E-state index in [4.69, 9.17) is 14.9 Å². The monoisotopic (exact) mass is 274 g/mol. The first-order valence-corrected chi connectivity index (χ1v) is 6.33. The summed E-state index contributed by atoms with van der Waals surface area (Å²) in [5, 5.41) is 18.0. The van der Waals surface area contributed by atoms with E-state index in [-0.39, 0.29) is 32.3 Å². The minimum Gasteiger partial charge on any atom is -0.465 e. The molecule has 110 valence electrons. The van der Waals surface area contributed by atoms with Crippen molar-refractivity contribution in [1.82, 2.24) is 9.80 Å². The molecule has 0 unspecified atom stereocenters. The van der Waals surface area contributed by atoms with E-state index in [1.807, 2.05) is 0 Å². The maximum absolute atomic E-state index is 12.0. The third-order valence-corrected chi connectivity index (χ3v) is 2.84. The van der Waals surface area contributed by atoms with E-state index in [0.29, 0.717) is 6.42 Å². The third kappa shape index (κ3) is 4.59. The van der Waals surface area contributed by atoms with Gasteiger partial charge in [0.1, 0.15) is 5.60 Å². The summed E-state index contributed by atoms with van der Waals surface area (Å²) in [4.78, 5) is 25.7. The van der Waals surface area contributed by atoms with Crippen LogP contribution in [0.25, 0.3) is 0 Å². The smallest absolute Gasteiger partial charge is 0.410 e. The number of hydrogen-bond acceptors (Lipinski definition) is 4. The maximum Gasteiger partial charge on any atom is 0.410 e. The molecule has 1 atom stereocenters. The highest BCUT2D eigenvalue weighted by Gasteiger charge is 2.34. The van der Waals surface area contributed by atoms with E-state index in [0.717, 1.165) is 0 Å². The Hall–Kier alpha value is -1.50. The second kappa shape index (κ2) is 6.10. The molecular formula is C12H22N2O5. The highest BCUT2D eigenvalue weighted by molar-refractivity contribution is 5.70. The zero-order valence-electron chi connectivity index (χ0n) is 11.6. The van der Waals surface area contributed by atoms with E-state index in [1.54, 1.807) is 20.8 Å². The summed E-state index contributed by atoms with van der Waals surface area (Å²) in [7, 11) is 0. The zero-order chi connectivity index (χ0) is 14.6. The summed E-state index contributed by atoms with van der Waals surface area (Å²) < 4.78 is 5.29. The Kier molecular flexibility index (Phi) is 4.99. The number of carbonyl (C=O) groups excluding carboxylic acids is 1. The van der Waals surface area contributed by atoms with Crippen LogP contribution in [0.2, 0.25) is 0 Å². The van der Waals surface area contributed by atoms with Crippen LogP contribution in [-0.2, 0) is 4.74 Å². The number of aliphatic hydroxyl groups excluding tert-OH is 1. The fourth-order valence-corrected chi connectivity index (χ4v) is 1.99. The first-order valence-electron chi connectivity index (χ1n) is 6.33. The molecule has 0 aromatic carbocycles. The number of piperazine rings is 1. The second-order valence-electron chi connectivity index (χ2n) is 5.57. The minimum atomic E-state index is -1.01. The van der Waals surface area contributed by atoms with Gasteiger partial charge >= 0.3 is 12.2 Å². The molecular weight excluding hydrogens is 252 g/mol. The molecule has 19 heavy (non-hydrogen) atoms. The SMILES string of the molecule is CC(C)(C)OC(=O)N1CCN(C(=O)O)C[C@H]1CCO. The lowest BCUT2D eigenvalue weighted by atomic mass is 10.1. The number of nitrogens with zero attached hydrogens (tertiary/aromatic N) is 2. The highest BCUT2D eigenvalue weighted by Crippen LogP contribution is 2.17. The summed E-state index contributed by atoms with van der Waals surface area (Å²) in [6.45, 7) is 5.98. The quantitative estimate of drug-likeness (QED) is 0.783. The van der Waals surface area contributed by atoms with Crippen molar-refractivity contribution in [1.29, 1.82) is 0 Å². The summed E-state index contributed by atoms with van der Waals surface area (Å²) in [5.74, 6) is 0. The van der Waals surface area contributed by atoms with E-state index < -0.39 is 17.8 Å². The topological polar surface area (TPSA) is 90.3 Å². The average molecular weight is 274 g/mol. The van der Waals surface area contributed by atoms with Gasteiger partial charge in [-0.25, -0.2) is 9.59 Å². The summed E-state index contributed by atoms with van der Waals surface area (Å²) in [6.07, 6.45) is -1.13. The van der Waals surface area contributed by atoms with Gasteiger partial charge in [-0.05, 0) is 27.2 Å². The number of carboxylic acid groups (broad SMARTS) is 1. The average Bonchev–Trinajstić information content (AvgIpc) is 2.26. The Morgan fingerprint density at radius 2 is 1.95 bits per heavy atom. The molecule has 1 saturated heterocycles. The Morgan fingerprint density at radius 1 is 1.32 bits per heavy atom. The van der Waals surface area contributed by atoms with Crippen molar-refractivity contribution in [3.8, 4) is 0 Å². The fourth-order valence-electron chi connectivity index (χ4n) is 1.99. The molecule has 7 heteroatoms. The summed E-state index contributed by atoms with van der Waals surface area (Å²) in [5.41, 5.74) is -0.592. The van der Waals surface area contributed by atoms with Crippen molar-refractivity contribution in [2.45, 2.75) is 38.8 Å². The fraction of sp³-hybridized carbons (Fsp3) is 0.833. The number of rotatable bonds is 2. The predicted molar refractivity (Wildman–Crippen MR) is 68.0 cm³/mol. The number of hydrogen-bond donors (Lipinski definition) is 2. The molecule has 0 aromatic heterocycles. The molecule has 0 bridgehead atoms. The van der Waals surface area contributed by atoms with E-state index >= 15 is 0 Å². The Balaban J connectivity index is 2.71. The van der Waals surface area contributed by atoms with Crippen molar-refractivity contribution in [3.63, 3.8) is 0 Å². The molecule has 0 spiro atoms. The van der Waals surface area contributed by atoms with Gasteiger partial charge in [-0.1, -0.05) is 0 Å². The van der Waals surface area contributed by atoms with Gasteiger partial charge in [0.25, 0.3) is 0 Å². The molecule has 0 radical (unpaired) electrons. The van der Waals surface area contributed by atoms with Gasteiger partial charge in [0.05, 0.1) is 6.04 Å². The van der Waals surface area contributed by atoms with Crippen molar-refractivity contribution >= 4 is 12.2 Å². The molecule has 2 amide bonds. The normalized spacial score (nSPS) is 20.3. The maximum atomic E-state index is 12.0. The molecule has 1 aliphatic rings. The molecule has 0 aliphatic carbocycles. The van der Waals surface area contributed by atoms with Gasteiger partial charge in [0, 0.05) is 26.2 Å². The van der Waals surface area contributed by atoms with Crippen LogP contribution in [0.15, 0.2) is 0 Å². The molecule has 1 heterocycles. The molecule has 0 aromatic rings. The lowest BCUT2D eigenvalue weighted by Crippen LogP contribution is -2.57. The molecule has 1 fully saturated rings. The lowest BCUT2D eigenvalue weighted by Gasteiger charge is -2.40. The Bertz CT molecular complexity index is 340. The van der Waals surface area contributed by atoms with Crippen LogP contribution in [0, 0.1) is 0 Å². The van der Waals surface area contributed by atoms with E-state index in [1.165, 1.54) is 9.80 Å². The first-order chi connectivity index (χ1) is 8.74. The van der Waals surface area contributed by atoms with Crippen molar-refractivity contribution < 1.29 is 24.5 Å². The summed E-state index contributed by atoms with van der Waals surface area (Å²) in [6, 6.07) is -0.343. The molecule has 0 saturated carbocycles. The van der Waals surface area contributed by atoms with Crippen LogP contribution >= 0.6 is 0 Å². The second-order valence-corrected chi connectivity index (χ2v) is 5.57. The highest BCUT2D eigenvalue weighted by atomic mass is 16.6. The Labute approximate surface area is 112 Å². The van der Waals surface area contributed by atoms with Crippen molar-refractivity contribution in [2.75, 3.05) is 26.2 Å². The minimum absolute atomic E-state index is 0.0998. The van der Waals surface area contributed by atoms with Crippen LogP contribution in [0.1, 0.15) is 27.2 Å². The van der Waals surface area contributed by atoms with Crippen LogP contribution in [0.5, 0.6) is 0 Å². The first kappa shape index (κ1) is 15.6. The van der Waals surface area contributed by atoms with Gasteiger partial charge in [-0.15, -0.1) is 0 Å². The standard InChI is InChI=1S/C12H22N2O5/c1-12(2,3)19-11(18)14-6-5-13(10(16)17)8-9(14)4-7-15/h9,15H,4-8H2,1-3H3,(H,16,17)/t9-/m1/s1. The number of aliphatic hydroxyl groups is 1. The van der Waals surface area contributed by atoms with Gasteiger partial charge in [-0.2, -0.15) is 0 Å². The summed E-state index contributed by atoms with van der Waals surface area (Å²) >= 11 is 0. The van der Waals surface area contributed by atoms with Crippen LogP contribution in [0.4, 0.5) is 9.59 Å². The zero-order valence-corrected chi connectivity index (χ0v) is 11.6. The molecule has 2 N–H and O–H groups in total. The van der Waals surface area contributed by atoms with Gasteiger partial charge < -0.3 is 24.7 Å². The van der Waals surface area contributed by atoms with Gasteiger partial charge in [0.2, 0.25) is 0 Å². The lowest BCUT2D eigenvalue weighted by molar-refractivity contribution is -0.00355. The van der Waals surface area contributed by atoms with Gasteiger partial charge in [0.15, 0.2) is 0 Å². The third-order valence-electron chi connectivity index (χ3n) is 2.84. The number of ether oxygens (including phenoxy) is 1. The molecule has 1 aliphatic heterocycles. The molecule has 7 nitrogen and oxygen atoms in total.